The minimum absolute atomic E-state index is 0.273. The van der Waals surface area contributed by atoms with Crippen LogP contribution in [-0.4, -0.2) is 39.1 Å². The average Bonchev–Trinajstić information content (AvgIpc) is 3.58. The maximum Gasteiger partial charge on any atom is 0.224 e. The van der Waals surface area contributed by atoms with Crippen LogP contribution in [0.5, 0.6) is 0 Å². The number of aromatic nitrogens is 1. The SMILES string of the molecule is CCCCCCCCCCCCCCCCOC[C@@H]1CO[C@@H](COCCCCCC[n+]2ccsc2)C1. The molecule has 0 aliphatic carbocycles. The van der Waals surface area contributed by atoms with Gasteiger partial charge in [0.15, 0.2) is 6.20 Å². The number of hydrogen-bond acceptors (Lipinski definition) is 4. The summed E-state index contributed by atoms with van der Waals surface area (Å²) in [4.78, 5) is 0. The van der Waals surface area contributed by atoms with Crippen LogP contribution in [0.25, 0.3) is 0 Å². The van der Waals surface area contributed by atoms with Crippen molar-refractivity contribution in [1.29, 1.82) is 0 Å². The van der Waals surface area contributed by atoms with Crippen LogP contribution in [0, 0.1) is 5.92 Å². The van der Waals surface area contributed by atoms with Gasteiger partial charge in [-0.3, -0.25) is 0 Å². The van der Waals surface area contributed by atoms with Gasteiger partial charge in [0, 0.05) is 25.6 Å². The summed E-state index contributed by atoms with van der Waals surface area (Å²) in [6.45, 7) is 7.67. The second-order valence-electron chi connectivity index (χ2n) is 11.0. The first-order chi connectivity index (χ1) is 17.9. The van der Waals surface area contributed by atoms with Gasteiger partial charge < -0.3 is 14.2 Å². The fourth-order valence-corrected chi connectivity index (χ4v) is 5.75. The predicted molar refractivity (Wildman–Crippen MR) is 153 cm³/mol. The second kappa shape index (κ2) is 23.6. The lowest BCUT2D eigenvalue weighted by Crippen LogP contribution is -2.29. The first-order valence-corrected chi connectivity index (χ1v) is 16.5. The van der Waals surface area contributed by atoms with Crippen molar-refractivity contribution in [2.45, 2.75) is 142 Å². The largest absolute Gasteiger partial charge is 0.381 e. The monoisotopic (exact) mass is 524 g/mol. The highest BCUT2D eigenvalue weighted by Crippen LogP contribution is 2.20. The van der Waals surface area contributed by atoms with Crippen LogP contribution in [0.15, 0.2) is 17.1 Å². The summed E-state index contributed by atoms with van der Waals surface area (Å²) in [6, 6.07) is 0. The van der Waals surface area contributed by atoms with Crippen LogP contribution in [0.2, 0.25) is 0 Å². The molecule has 4 nitrogen and oxygen atoms in total. The van der Waals surface area contributed by atoms with Crippen LogP contribution in [0.4, 0.5) is 0 Å². The zero-order chi connectivity index (χ0) is 25.4. The highest BCUT2D eigenvalue weighted by molar-refractivity contribution is 7.07. The molecule has 1 aliphatic heterocycles. The van der Waals surface area contributed by atoms with Crippen LogP contribution >= 0.6 is 11.3 Å². The van der Waals surface area contributed by atoms with E-state index in [-0.39, 0.29) is 6.10 Å². The molecule has 1 fully saturated rings. The smallest absolute Gasteiger partial charge is 0.224 e. The lowest BCUT2D eigenvalue weighted by molar-refractivity contribution is -0.692. The summed E-state index contributed by atoms with van der Waals surface area (Å²) in [5, 5.41) is 2.14. The molecule has 0 spiro atoms. The Bertz CT molecular complexity index is 568. The Morgan fingerprint density at radius 2 is 1.28 bits per heavy atom. The summed E-state index contributed by atoms with van der Waals surface area (Å²) < 4.78 is 20.0. The molecule has 36 heavy (non-hydrogen) atoms. The number of thiazole rings is 1. The maximum atomic E-state index is 5.96. The van der Waals surface area contributed by atoms with Crippen molar-refractivity contribution in [2.24, 2.45) is 5.92 Å². The molecule has 0 N–H and O–H groups in total. The molecule has 0 unspecified atom stereocenters. The van der Waals surface area contributed by atoms with Gasteiger partial charge in [-0.1, -0.05) is 108 Å². The van der Waals surface area contributed by atoms with E-state index in [1.54, 1.807) is 11.3 Å². The highest BCUT2D eigenvalue weighted by Gasteiger charge is 2.25. The van der Waals surface area contributed by atoms with Crippen molar-refractivity contribution in [1.82, 2.24) is 0 Å². The molecule has 1 aliphatic rings. The van der Waals surface area contributed by atoms with Crippen LogP contribution < -0.4 is 4.57 Å². The standard InChI is InChI=1S/C31H58NO3S/c1-2-3-4-5-6-7-8-9-10-11-12-13-15-18-22-33-26-30-25-31(35-27-30)28-34-23-19-16-14-17-20-32-21-24-36-29-32/h21,24,29-31H,2-20,22-23,25-28H2,1H3/q+1/t30-,31-/m1/s1. The van der Waals surface area contributed by atoms with Gasteiger partial charge in [0.25, 0.3) is 0 Å². The molecule has 0 bridgehead atoms. The number of unbranched alkanes of at least 4 members (excludes halogenated alkanes) is 16. The number of ether oxygens (including phenoxy) is 3. The quantitative estimate of drug-likeness (QED) is 0.0899. The molecule has 210 valence electrons. The topological polar surface area (TPSA) is 31.6 Å². The van der Waals surface area contributed by atoms with E-state index in [1.165, 1.54) is 109 Å². The van der Waals surface area contributed by atoms with E-state index in [9.17, 15) is 0 Å². The Balaban J connectivity index is 1.25. The molecule has 5 heteroatoms. The van der Waals surface area contributed by atoms with E-state index in [4.69, 9.17) is 14.2 Å². The molecule has 2 heterocycles. The average molecular weight is 525 g/mol. The van der Waals surface area contributed by atoms with Crippen LogP contribution in [0.3, 0.4) is 0 Å². The van der Waals surface area contributed by atoms with Gasteiger partial charge in [-0.2, -0.15) is 4.57 Å². The Kier molecular flexibility index (Phi) is 20.8. The summed E-state index contributed by atoms with van der Waals surface area (Å²) >= 11 is 1.76. The van der Waals surface area contributed by atoms with Gasteiger partial charge in [0.05, 0.1) is 31.3 Å². The van der Waals surface area contributed by atoms with Crippen LogP contribution in [0.1, 0.15) is 129 Å². The van der Waals surface area contributed by atoms with E-state index in [0.717, 1.165) is 52.4 Å². The zero-order valence-corrected chi connectivity index (χ0v) is 24.5. The zero-order valence-electron chi connectivity index (χ0n) is 23.6. The third-order valence-electron chi connectivity index (χ3n) is 7.45. The summed E-state index contributed by atoms with van der Waals surface area (Å²) in [6.07, 6.45) is 28.2. The minimum atomic E-state index is 0.273. The lowest BCUT2D eigenvalue weighted by atomic mass is 10.0. The van der Waals surface area contributed by atoms with Gasteiger partial charge >= 0.3 is 0 Å². The van der Waals surface area contributed by atoms with Gasteiger partial charge in [-0.05, 0) is 25.7 Å². The van der Waals surface area contributed by atoms with E-state index in [2.05, 4.69) is 28.6 Å². The molecular formula is C31H58NO3S+. The second-order valence-corrected chi connectivity index (χ2v) is 11.7. The molecule has 1 aromatic rings. The first-order valence-electron chi connectivity index (χ1n) is 15.6. The Hall–Kier alpha value is -0.490. The molecule has 1 aromatic heterocycles. The summed E-state index contributed by atoms with van der Waals surface area (Å²) in [7, 11) is 0. The Labute approximate surface area is 227 Å². The van der Waals surface area contributed by atoms with Crippen molar-refractivity contribution in [3.63, 3.8) is 0 Å². The number of aryl methyl sites for hydroxylation is 1. The third-order valence-corrected chi connectivity index (χ3v) is 8.12. The van der Waals surface area contributed by atoms with Crippen molar-refractivity contribution < 1.29 is 18.8 Å². The van der Waals surface area contributed by atoms with E-state index >= 15 is 0 Å². The molecule has 2 rings (SSSR count). The van der Waals surface area contributed by atoms with E-state index in [0.29, 0.717) is 5.92 Å². The number of hydrogen-bond donors (Lipinski definition) is 0. The number of nitrogens with zero attached hydrogens (tertiary/aromatic N) is 1. The van der Waals surface area contributed by atoms with Crippen LogP contribution in [-0.2, 0) is 20.8 Å². The molecule has 0 saturated carbocycles. The predicted octanol–water partition coefficient (Wildman–Crippen LogP) is 8.52. The van der Waals surface area contributed by atoms with E-state index in [1.807, 2.05) is 0 Å². The fraction of sp³-hybridized carbons (Fsp3) is 0.903. The molecule has 2 atom stereocenters. The Morgan fingerprint density at radius 1 is 0.722 bits per heavy atom. The lowest BCUT2D eigenvalue weighted by Gasteiger charge is -2.11. The van der Waals surface area contributed by atoms with Crippen molar-refractivity contribution in [3.05, 3.63) is 17.1 Å². The van der Waals surface area contributed by atoms with Gasteiger partial charge in [0.2, 0.25) is 5.51 Å². The number of rotatable bonds is 26. The molecule has 0 radical (unpaired) electrons. The van der Waals surface area contributed by atoms with Crippen molar-refractivity contribution >= 4 is 11.3 Å². The van der Waals surface area contributed by atoms with Gasteiger partial charge in [-0.15, -0.1) is 0 Å². The minimum Gasteiger partial charge on any atom is -0.381 e. The molecule has 0 amide bonds. The van der Waals surface area contributed by atoms with Gasteiger partial charge in [0.1, 0.15) is 6.54 Å². The van der Waals surface area contributed by atoms with Gasteiger partial charge in [-0.25, -0.2) is 0 Å². The highest BCUT2D eigenvalue weighted by atomic mass is 32.1. The molecular weight excluding hydrogens is 466 g/mol. The van der Waals surface area contributed by atoms with Crippen molar-refractivity contribution in [2.75, 3.05) is 33.0 Å². The van der Waals surface area contributed by atoms with Crippen molar-refractivity contribution in [3.8, 4) is 0 Å². The third kappa shape index (κ3) is 17.9. The summed E-state index contributed by atoms with van der Waals surface area (Å²) in [5.74, 6) is 0.555. The maximum absolute atomic E-state index is 5.96. The van der Waals surface area contributed by atoms with E-state index < -0.39 is 0 Å². The summed E-state index contributed by atoms with van der Waals surface area (Å²) in [5.41, 5.74) is 2.18. The first kappa shape index (κ1) is 31.7. The normalized spacial score (nSPS) is 17.8. The Morgan fingerprint density at radius 3 is 1.86 bits per heavy atom. The molecule has 0 aromatic carbocycles. The fourth-order valence-electron chi connectivity index (χ4n) is 5.12. The molecule has 1 saturated heterocycles.